The summed E-state index contributed by atoms with van der Waals surface area (Å²) in [5, 5.41) is 12.6. The molecule has 0 bridgehead atoms. The largest absolute Gasteiger partial charge is 0.508 e. The summed E-state index contributed by atoms with van der Waals surface area (Å²) in [6, 6.07) is 6.08. The predicted molar refractivity (Wildman–Crippen MR) is 57.8 cm³/mol. The number of hydrogen-bond donors (Lipinski definition) is 2. The van der Waals surface area contributed by atoms with Crippen LogP contribution in [-0.2, 0) is 6.42 Å². The Labute approximate surface area is 84.4 Å². The number of hydrogen-bond acceptors (Lipinski definition) is 3. The van der Waals surface area contributed by atoms with Crippen LogP contribution in [0.3, 0.4) is 0 Å². The topological polar surface area (TPSA) is 35.5 Å². The average Bonchev–Trinajstić information content (AvgIpc) is 2.16. The molecule has 1 aliphatic rings. The van der Waals surface area contributed by atoms with Crippen molar-refractivity contribution in [3.05, 3.63) is 23.8 Å². The highest BCUT2D eigenvalue weighted by Gasteiger charge is 2.19. The van der Waals surface area contributed by atoms with Gasteiger partial charge >= 0.3 is 0 Å². The summed E-state index contributed by atoms with van der Waals surface area (Å²) < 4.78 is 0. The second-order valence-electron chi connectivity index (χ2n) is 4.04. The lowest BCUT2D eigenvalue weighted by atomic mass is 9.99. The molecule has 0 amide bonds. The number of likely N-dealkylation sites (N-methyl/N-ethyl adjacent to an activating group) is 1. The minimum atomic E-state index is 0.333. The molecule has 0 aliphatic carbocycles. The maximum atomic E-state index is 9.31. The number of rotatable bonds is 1. The van der Waals surface area contributed by atoms with Crippen LogP contribution in [0.15, 0.2) is 18.2 Å². The number of phenols is 1. The standard InChI is InChI=1S/C11H16N2O/c1-13(2)9-5-8-3-4-10(14)6-11(8)12-7-9/h3-4,6,9,12,14H,5,7H2,1-2H3. The summed E-state index contributed by atoms with van der Waals surface area (Å²) in [4.78, 5) is 2.22. The Bertz CT molecular complexity index is 336. The lowest BCUT2D eigenvalue weighted by molar-refractivity contribution is 0.299. The first-order valence-corrected chi connectivity index (χ1v) is 4.89. The number of benzene rings is 1. The normalized spacial score (nSPS) is 20.4. The molecule has 76 valence electrons. The zero-order valence-electron chi connectivity index (χ0n) is 8.62. The van der Waals surface area contributed by atoms with E-state index >= 15 is 0 Å². The third-order valence-electron chi connectivity index (χ3n) is 2.81. The van der Waals surface area contributed by atoms with Crippen molar-refractivity contribution in [2.45, 2.75) is 12.5 Å². The first kappa shape index (κ1) is 9.34. The van der Waals surface area contributed by atoms with E-state index in [0.29, 0.717) is 11.8 Å². The molecule has 14 heavy (non-hydrogen) atoms. The summed E-state index contributed by atoms with van der Waals surface area (Å²) in [5.74, 6) is 0.333. The van der Waals surface area contributed by atoms with E-state index in [2.05, 4.69) is 24.3 Å². The van der Waals surface area contributed by atoms with Crippen LogP contribution in [-0.4, -0.2) is 36.7 Å². The molecule has 0 fully saturated rings. The van der Waals surface area contributed by atoms with Crippen molar-refractivity contribution in [3.63, 3.8) is 0 Å². The van der Waals surface area contributed by atoms with Gasteiger partial charge in [0.25, 0.3) is 0 Å². The smallest absolute Gasteiger partial charge is 0.117 e. The third-order valence-corrected chi connectivity index (χ3v) is 2.81. The van der Waals surface area contributed by atoms with Crippen molar-refractivity contribution in [2.75, 3.05) is 26.0 Å². The van der Waals surface area contributed by atoms with Crippen molar-refractivity contribution in [2.24, 2.45) is 0 Å². The Kier molecular flexibility index (Phi) is 2.33. The maximum Gasteiger partial charge on any atom is 0.117 e. The van der Waals surface area contributed by atoms with Crippen LogP contribution in [0.2, 0.25) is 0 Å². The molecule has 3 heteroatoms. The van der Waals surface area contributed by atoms with Crippen LogP contribution in [0.4, 0.5) is 5.69 Å². The van der Waals surface area contributed by atoms with Crippen molar-refractivity contribution < 1.29 is 5.11 Å². The van der Waals surface area contributed by atoms with Crippen molar-refractivity contribution in [1.29, 1.82) is 0 Å². The fraction of sp³-hybridized carbons (Fsp3) is 0.455. The molecule has 2 N–H and O–H groups in total. The van der Waals surface area contributed by atoms with Gasteiger partial charge in [0.1, 0.15) is 5.75 Å². The van der Waals surface area contributed by atoms with Gasteiger partial charge in [-0.15, -0.1) is 0 Å². The lowest BCUT2D eigenvalue weighted by Crippen LogP contribution is -2.39. The van der Waals surface area contributed by atoms with E-state index < -0.39 is 0 Å². The van der Waals surface area contributed by atoms with Gasteiger partial charge in [-0.3, -0.25) is 0 Å². The Morgan fingerprint density at radius 3 is 2.93 bits per heavy atom. The molecule has 1 aromatic carbocycles. The first-order chi connectivity index (χ1) is 6.66. The van der Waals surface area contributed by atoms with E-state index in [0.717, 1.165) is 18.7 Å². The van der Waals surface area contributed by atoms with Crippen LogP contribution < -0.4 is 5.32 Å². The van der Waals surface area contributed by atoms with Gasteiger partial charge in [-0.05, 0) is 32.1 Å². The number of aromatic hydroxyl groups is 1. The Morgan fingerprint density at radius 2 is 2.21 bits per heavy atom. The van der Waals surface area contributed by atoms with E-state index in [4.69, 9.17) is 0 Å². The van der Waals surface area contributed by atoms with Gasteiger partial charge in [0.2, 0.25) is 0 Å². The molecule has 1 atom stereocenters. The zero-order chi connectivity index (χ0) is 10.1. The summed E-state index contributed by atoms with van der Waals surface area (Å²) in [6.45, 7) is 0.948. The molecule has 0 spiro atoms. The highest BCUT2D eigenvalue weighted by Crippen LogP contribution is 2.26. The molecule has 3 nitrogen and oxygen atoms in total. The van der Waals surface area contributed by atoms with Crippen molar-refractivity contribution in [1.82, 2.24) is 4.90 Å². The minimum Gasteiger partial charge on any atom is -0.508 e. The molecule has 0 saturated carbocycles. The molecule has 1 aromatic rings. The fourth-order valence-corrected chi connectivity index (χ4v) is 1.83. The van der Waals surface area contributed by atoms with Crippen molar-refractivity contribution >= 4 is 5.69 Å². The predicted octanol–water partition coefficient (Wildman–Crippen LogP) is 1.29. The number of fused-ring (bicyclic) bond motifs is 1. The monoisotopic (exact) mass is 192 g/mol. The SMILES string of the molecule is CN(C)C1CNc2cc(O)ccc2C1. The second kappa shape index (κ2) is 3.50. The molecule has 0 aromatic heterocycles. The maximum absolute atomic E-state index is 9.31. The molecule has 1 unspecified atom stereocenters. The van der Waals surface area contributed by atoms with Gasteiger partial charge in [-0.25, -0.2) is 0 Å². The molecule has 1 aliphatic heterocycles. The summed E-state index contributed by atoms with van der Waals surface area (Å²) in [6.07, 6.45) is 1.05. The van der Waals surface area contributed by atoms with Crippen LogP contribution in [0.25, 0.3) is 0 Å². The van der Waals surface area contributed by atoms with Gasteiger partial charge in [-0.2, -0.15) is 0 Å². The van der Waals surface area contributed by atoms with Gasteiger partial charge in [-0.1, -0.05) is 6.07 Å². The van der Waals surface area contributed by atoms with Gasteiger partial charge < -0.3 is 15.3 Å². The van der Waals surface area contributed by atoms with E-state index in [1.807, 2.05) is 6.07 Å². The van der Waals surface area contributed by atoms with Crippen LogP contribution in [0.1, 0.15) is 5.56 Å². The van der Waals surface area contributed by atoms with Gasteiger partial charge in [0.05, 0.1) is 0 Å². The summed E-state index contributed by atoms with van der Waals surface area (Å²) in [5.41, 5.74) is 2.36. The van der Waals surface area contributed by atoms with E-state index in [1.165, 1.54) is 5.56 Å². The molecular weight excluding hydrogens is 176 g/mol. The third kappa shape index (κ3) is 1.68. The Balaban J connectivity index is 2.23. The lowest BCUT2D eigenvalue weighted by Gasteiger charge is -2.30. The summed E-state index contributed by atoms with van der Waals surface area (Å²) >= 11 is 0. The molecule has 1 heterocycles. The molecule has 0 saturated heterocycles. The highest BCUT2D eigenvalue weighted by molar-refractivity contribution is 5.57. The van der Waals surface area contributed by atoms with Crippen molar-refractivity contribution in [3.8, 4) is 5.75 Å². The van der Waals surface area contributed by atoms with Gasteiger partial charge in [0, 0.05) is 24.3 Å². The molecule has 2 rings (SSSR count). The summed E-state index contributed by atoms with van der Waals surface area (Å²) in [7, 11) is 4.19. The first-order valence-electron chi connectivity index (χ1n) is 4.89. The minimum absolute atomic E-state index is 0.333. The number of anilines is 1. The van der Waals surface area contributed by atoms with Crippen LogP contribution in [0, 0.1) is 0 Å². The quantitative estimate of drug-likeness (QED) is 0.704. The average molecular weight is 192 g/mol. The molecular formula is C11H16N2O. The van der Waals surface area contributed by atoms with Crippen LogP contribution in [0.5, 0.6) is 5.75 Å². The zero-order valence-corrected chi connectivity index (χ0v) is 8.62. The van der Waals surface area contributed by atoms with E-state index in [9.17, 15) is 5.11 Å². The number of phenolic OH excluding ortho intramolecular Hbond substituents is 1. The van der Waals surface area contributed by atoms with E-state index in [1.54, 1.807) is 12.1 Å². The Hall–Kier alpha value is -1.22. The highest BCUT2D eigenvalue weighted by atomic mass is 16.3. The Morgan fingerprint density at radius 1 is 1.43 bits per heavy atom. The number of nitrogens with one attached hydrogen (secondary N) is 1. The van der Waals surface area contributed by atoms with Crippen LogP contribution >= 0.6 is 0 Å². The fourth-order valence-electron chi connectivity index (χ4n) is 1.83. The molecule has 0 radical (unpaired) electrons. The van der Waals surface area contributed by atoms with Gasteiger partial charge in [0.15, 0.2) is 0 Å². The number of nitrogens with zero attached hydrogens (tertiary/aromatic N) is 1. The second-order valence-corrected chi connectivity index (χ2v) is 4.04. The van der Waals surface area contributed by atoms with E-state index in [-0.39, 0.29) is 0 Å².